The molecule has 2 heteroatoms. The average molecular weight is 176 g/mol. The van der Waals surface area contributed by atoms with E-state index in [1.54, 1.807) is 0 Å². The fraction of sp³-hybridized carbons (Fsp3) is 1.00. The van der Waals surface area contributed by atoms with E-state index in [1.807, 2.05) is 13.8 Å². The summed E-state index contributed by atoms with van der Waals surface area (Å²) in [7, 11) is 1.40. The molecule has 0 saturated carbocycles. The Morgan fingerprint density at radius 2 is 1.55 bits per heavy atom. The zero-order valence-corrected chi connectivity index (χ0v) is 10.7. The molecule has 0 aliphatic rings. The van der Waals surface area contributed by atoms with Gasteiger partial charge >= 0.3 is 0 Å². The van der Waals surface area contributed by atoms with Gasteiger partial charge in [0.1, 0.15) is 0 Å². The van der Waals surface area contributed by atoms with Gasteiger partial charge in [-0.2, -0.15) is 0 Å². The molecule has 11 heavy (non-hydrogen) atoms. The molecular formula is C9H24OSi. The summed E-state index contributed by atoms with van der Waals surface area (Å²) in [6.45, 7) is 7.91. The predicted octanol–water partition coefficient (Wildman–Crippen LogP) is 2.00. The lowest BCUT2D eigenvalue weighted by Crippen LogP contribution is -1.84. The highest BCUT2D eigenvalue weighted by Crippen LogP contribution is 1.94. The molecule has 0 aromatic rings. The van der Waals surface area contributed by atoms with E-state index < -0.39 is 0 Å². The van der Waals surface area contributed by atoms with Crippen molar-refractivity contribution in [3.05, 3.63) is 0 Å². The van der Waals surface area contributed by atoms with Gasteiger partial charge in [0, 0.05) is 23.5 Å². The summed E-state index contributed by atoms with van der Waals surface area (Å²) in [6, 6.07) is 1.49. The fourth-order valence-corrected chi connectivity index (χ4v) is 1.20. The van der Waals surface area contributed by atoms with Crippen molar-refractivity contribution in [3.63, 3.8) is 0 Å². The van der Waals surface area contributed by atoms with Crippen LogP contribution in [0.25, 0.3) is 0 Å². The van der Waals surface area contributed by atoms with Crippen LogP contribution >= 0.6 is 0 Å². The SMILES string of the molecule is CCCCC[SiH3].CCOCC. The Hall–Kier alpha value is 0.177. The summed E-state index contributed by atoms with van der Waals surface area (Å²) in [5.74, 6) is 0. The lowest BCUT2D eigenvalue weighted by Gasteiger charge is -1.86. The molecule has 0 rings (SSSR count). The van der Waals surface area contributed by atoms with Gasteiger partial charge < -0.3 is 4.74 Å². The first-order chi connectivity index (χ1) is 5.33. The number of hydrogen-bond acceptors (Lipinski definition) is 1. The maximum absolute atomic E-state index is 4.83. The van der Waals surface area contributed by atoms with Crippen LogP contribution in [0.5, 0.6) is 0 Å². The summed E-state index contributed by atoms with van der Waals surface area (Å²) in [5, 5.41) is 0. The van der Waals surface area contributed by atoms with E-state index in [-0.39, 0.29) is 0 Å². The molecule has 0 aliphatic carbocycles. The van der Waals surface area contributed by atoms with E-state index in [9.17, 15) is 0 Å². The topological polar surface area (TPSA) is 9.23 Å². The van der Waals surface area contributed by atoms with Gasteiger partial charge in [-0.3, -0.25) is 0 Å². The number of hydrogen-bond donors (Lipinski definition) is 0. The van der Waals surface area contributed by atoms with E-state index in [1.165, 1.54) is 35.5 Å². The minimum Gasteiger partial charge on any atom is -0.382 e. The average Bonchev–Trinajstić information content (AvgIpc) is 2.04. The molecule has 0 atom stereocenters. The Labute approximate surface area is 74.9 Å². The molecule has 0 fully saturated rings. The Balaban J connectivity index is 0. The molecule has 0 spiro atoms. The minimum atomic E-state index is 0.844. The van der Waals surface area contributed by atoms with E-state index in [0.717, 1.165) is 13.2 Å². The maximum atomic E-state index is 4.83. The van der Waals surface area contributed by atoms with Crippen LogP contribution in [0.15, 0.2) is 0 Å². The predicted molar refractivity (Wildman–Crippen MR) is 56.4 cm³/mol. The first-order valence-electron chi connectivity index (χ1n) is 4.91. The zero-order chi connectivity index (χ0) is 8.95. The quantitative estimate of drug-likeness (QED) is 0.460. The largest absolute Gasteiger partial charge is 0.382 e. The molecular weight excluding hydrogens is 152 g/mol. The van der Waals surface area contributed by atoms with Gasteiger partial charge in [-0.05, 0) is 13.8 Å². The van der Waals surface area contributed by atoms with Crippen LogP contribution in [-0.2, 0) is 4.74 Å². The normalized spacial score (nSPS) is 9.00. The monoisotopic (exact) mass is 176 g/mol. The second kappa shape index (κ2) is 16.6. The van der Waals surface area contributed by atoms with Gasteiger partial charge in [0.05, 0.1) is 0 Å². The third-order valence-electron chi connectivity index (χ3n) is 1.37. The van der Waals surface area contributed by atoms with Crippen LogP contribution in [0, 0.1) is 0 Å². The minimum absolute atomic E-state index is 0.844. The second-order valence-electron chi connectivity index (χ2n) is 2.49. The smallest absolute Gasteiger partial charge is 0.0437 e. The van der Waals surface area contributed by atoms with Gasteiger partial charge in [-0.1, -0.05) is 32.2 Å². The highest BCUT2D eigenvalue weighted by molar-refractivity contribution is 6.08. The fourth-order valence-electron chi connectivity index (χ4n) is 0.704. The summed E-state index contributed by atoms with van der Waals surface area (Å²) in [6.07, 6.45) is 4.30. The van der Waals surface area contributed by atoms with Crippen molar-refractivity contribution < 1.29 is 4.74 Å². The molecule has 0 amide bonds. The molecule has 0 bridgehead atoms. The van der Waals surface area contributed by atoms with Crippen LogP contribution in [0.4, 0.5) is 0 Å². The molecule has 0 unspecified atom stereocenters. The summed E-state index contributed by atoms with van der Waals surface area (Å²) in [5.41, 5.74) is 0. The molecule has 0 aromatic heterocycles. The lowest BCUT2D eigenvalue weighted by atomic mass is 10.3. The van der Waals surface area contributed by atoms with Crippen molar-refractivity contribution in [2.45, 2.75) is 46.1 Å². The van der Waals surface area contributed by atoms with Crippen LogP contribution < -0.4 is 0 Å². The molecule has 0 aliphatic heterocycles. The highest BCUT2D eigenvalue weighted by Gasteiger charge is 1.75. The van der Waals surface area contributed by atoms with Crippen LogP contribution in [-0.4, -0.2) is 23.5 Å². The Kier molecular flexibility index (Phi) is 20.8. The number of unbranched alkanes of at least 4 members (excludes halogenated alkanes) is 2. The van der Waals surface area contributed by atoms with Crippen LogP contribution in [0.2, 0.25) is 6.04 Å². The molecule has 0 heterocycles. The van der Waals surface area contributed by atoms with Gasteiger partial charge in [0.2, 0.25) is 0 Å². The van der Waals surface area contributed by atoms with Gasteiger partial charge in [-0.15, -0.1) is 0 Å². The van der Waals surface area contributed by atoms with Crippen molar-refractivity contribution in [2.24, 2.45) is 0 Å². The molecule has 1 nitrogen and oxygen atoms in total. The molecule has 0 N–H and O–H groups in total. The Morgan fingerprint density at radius 1 is 1.00 bits per heavy atom. The second-order valence-corrected chi connectivity index (χ2v) is 3.49. The summed E-state index contributed by atoms with van der Waals surface area (Å²) < 4.78 is 4.83. The maximum Gasteiger partial charge on any atom is 0.0437 e. The third kappa shape index (κ3) is 25.4. The first kappa shape index (κ1) is 13.7. The van der Waals surface area contributed by atoms with Gasteiger partial charge in [0.15, 0.2) is 0 Å². The standard InChI is InChI=1S/C5H14Si.C4H10O/c1-2-3-4-5-6;1-3-5-4-2/h2-5H2,1,6H3;3-4H2,1-2H3. The van der Waals surface area contributed by atoms with Crippen molar-refractivity contribution in [1.82, 2.24) is 0 Å². The van der Waals surface area contributed by atoms with Gasteiger partial charge in [-0.25, -0.2) is 0 Å². The molecule has 70 valence electrons. The highest BCUT2D eigenvalue weighted by atomic mass is 28.1. The van der Waals surface area contributed by atoms with Crippen molar-refractivity contribution in [3.8, 4) is 0 Å². The Morgan fingerprint density at radius 3 is 1.64 bits per heavy atom. The zero-order valence-electron chi connectivity index (χ0n) is 8.65. The van der Waals surface area contributed by atoms with Crippen LogP contribution in [0.1, 0.15) is 40.0 Å². The van der Waals surface area contributed by atoms with E-state index in [2.05, 4.69) is 6.92 Å². The van der Waals surface area contributed by atoms with Crippen molar-refractivity contribution >= 4 is 10.2 Å². The van der Waals surface area contributed by atoms with E-state index in [0.29, 0.717) is 0 Å². The molecule has 0 aromatic carbocycles. The van der Waals surface area contributed by atoms with E-state index >= 15 is 0 Å². The summed E-state index contributed by atoms with van der Waals surface area (Å²) >= 11 is 0. The van der Waals surface area contributed by atoms with Gasteiger partial charge in [0.25, 0.3) is 0 Å². The molecule has 0 radical (unpaired) electrons. The number of rotatable bonds is 5. The van der Waals surface area contributed by atoms with Crippen molar-refractivity contribution in [1.29, 1.82) is 0 Å². The molecule has 0 saturated heterocycles. The van der Waals surface area contributed by atoms with E-state index in [4.69, 9.17) is 4.74 Å². The third-order valence-corrected chi connectivity index (χ3v) is 2.07. The van der Waals surface area contributed by atoms with Crippen LogP contribution in [0.3, 0.4) is 0 Å². The summed E-state index contributed by atoms with van der Waals surface area (Å²) in [4.78, 5) is 0. The first-order valence-corrected chi connectivity index (χ1v) is 6.32. The number of ether oxygens (including phenoxy) is 1. The Bertz CT molecular complexity index is 42.8. The lowest BCUT2D eigenvalue weighted by molar-refractivity contribution is 0.162. The van der Waals surface area contributed by atoms with Crippen molar-refractivity contribution in [2.75, 3.05) is 13.2 Å².